The molecule has 1 amide bonds. The first-order chi connectivity index (χ1) is 10.7. The number of nitrogens with two attached hydrogens (primary N) is 1. The standard InChI is InChI=1S/C17H22N4O.2ClH/c1-13-3-8-16(21-12-13)19-9-2-10-20-17(22)15-6-4-14(11-18)5-7-15;;/h3-8,12H,2,9-11,18H2,1H3,(H,19,21)(H,20,22);2*1H. The zero-order valence-electron chi connectivity index (χ0n) is 13.6. The average Bonchev–Trinajstić information content (AvgIpc) is 2.56. The highest BCUT2D eigenvalue weighted by molar-refractivity contribution is 5.94. The van der Waals surface area contributed by atoms with E-state index in [2.05, 4.69) is 15.6 Å². The van der Waals surface area contributed by atoms with Crippen molar-refractivity contribution in [3.05, 3.63) is 59.3 Å². The van der Waals surface area contributed by atoms with Gasteiger partial charge in [0, 0.05) is 31.4 Å². The molecule has 0 unspecified atom stereocenters. The van der Waals surface area contributed by atoms with Crippen molar-refractivity contribution >= 4 is 36.5 Å². The number of halogens is 2. The Hall–Kier alpha value is -1.82. The van der Waals surface area contributed by atoms with Crippen molar-refractivity contribution < 1.29 is 4.79 Å². The highest BCUT2D eigenvalue weighted by atomic mass is 35.5. The van der Waals surface area contributed by atoms with E-state index in [1.165, 1.54) is 0 Å². The minimum absolute atomic E-state index is 0. The number of hydrogen-bond donors (Lipinski definition) is 3. The Kier molecular flexibility index (Phi) is 10.8. The Morgan fingerprint density at radius 2 is 1.79 bits per heavy atom. The zero-order valence-corrected chi connectivity index (χ0v) is 15.3. The van der Waals surface area contributed by atoms with Crippen LogP contribution in [0.5, 0.6) is 0 Å². The summed E-state index contributed by atoms with van der Waals surface area (Å²) in [5, 5.41) is 6.13. The lowest BCUT2D eigenvalue weighted by Crippen LogP contribution is -2.25. The molecule has 0 radical (unpaired) electrons. The smallest absolute Gasteiger partial charge is 0.251 e. The van der Waals surface area contributed by atoms with Crippen LogP contribution in [0.1, 0.15) is 27.9 Å². The van der Waals surface area contributed by atoms with E-state index >= 15 is 0 Å². The molecule has 24 heavy (non-hydrogen) atoms. The summed E-state index contributed by atoms with van der Waals surface area (Å²) in [6.45, 7) is 3.88. The summed E-state index contributed by atoms with van der Waals surface area (Å²) >= 11 is 0. The van der Waals surface area contributed by atoms with E-state index in [1.807, 2.05) is 37.4 Å². The van der Waals surface area contributed by atoms with Gasteiger partial charge in [-0.25, -0.2) is 4.98 Å². The molecular weight excluding hydrogens is 347 g/mol. The summed E-state index contributed by atoms with van der Waals surface area (Å²) in [4.78, 5) is 16.2. The number of nitrogens with one attached hydrogen (secondary N) is 2. The van der Waals surface area contributed by atoms with Crippen LogP contribution in [0.2, 0.25) is 0 Å². The van der Waals surface area contributed by atoms with Gasteiger partial charge in [-0.1, -0.05) is 18.2 Å². The second-order valence-electron chi connectivity index (χ2n) is 5.16. The maximum Gasteiger partial charge on any atom is 0.251 e. The normalized spacial score (nSPS) is 9.42. The number of carbonyl (C=O) groups is 1. The molecule has 0 spiro atoms. The molecule has 0 aliphatic rings. The number of anilines is 1. The number of nitrogens with zero attached hydrogens (tertiary/aromatic N) is 1. The van der Waals surface area contributed by atoms with Gasteiger partial charge in [-0.3, -0.25) is 4.79 Å². The second kappa shape index (κ2) is 11.7. The lowest BCUT2D eigenvalue weighted by molar-refractivity contribution is 0.0953. The molecular formula is C17H24Cl2N4O. The van der Waals surface area contributed by atoms with E-state index in [4.69, 9.17) is 5.73 Å². The second-order valence-corrected chi connectivity index (χ2v) is 5.16. The summed E-state index contributed by atoms with van der Waals surface area (Å²) in [5.41, 5.74) is 8.35. The molecule has 2 rings (SSSR count). The third-order valence-corrected chi connectivity index (χ3v) is 3.31. The third kappa shape index (κ3) is 7.17. The van der Waals surface area contributed by atoms with E-state index in [1.54, 1.807) is 12.1 Å². The van der Waals surface area contributed by atoms with Gasteiger partial charge >= 0.3 is 0 Å². The van der Waals surface area contributed by atoms with Gasteiger partial charge in [-0.05, 0) is 42.7 Å². The highest BCUT2D eigenvalue weighted by Crippen LogP contribution is 2.04. The van der Waals surface area contributed by atoms with Gasteiger partial charge in [0.15, 0.2) is 0 Å². The van der Waals surface area contributed by atoms with Crippen LogP contribution in [0.3, 0.4) is 0 Å². The molecule has 5 nitrogen and oxygen atoms in total. The minimum atomic E-state index is -0.0583. The van der Waals surface area contributed by atoms with Gasteiger partial charge in [-0.15, -0.1) is 24.8 Å². The van der Waals surface area contributed by atoms with Gasteiger partial charge in [0.25, 0.3) is 5.91 Å². The quantitative estimate of drug-likeness (QED) is 0.654. The number of carbonyl (C=O) groups excluding carboxylic acids is 1. The summed E-state index contributed by atoms with van der Waals surface area (Å²) in [7, 11) is 0. The van der Waals surface area contributed by atoms with Gasteiger partial charge in [0.05, 0.1) is 0 Å². The van der Waals surface area contributed by atoms with Gasteiger partial charge in [-0.2, -0.15) is 0 Å². The van der Waals surface area contributed by atoms with Crippen molar-refractivity contribution in [2.75, 3.05) is 18.4 Å². The van der Waals surface area contributed by atoms with Crippen LogP contribution < -0.4 is 16.4 Å². The molecule has 1 aromatic heterocycles. The summed E-state index contributed by atoms with van der Waals surface area (Å²) in [5.74, 6) is 0.798. The number of pyridine rings is 1. The monoisotopic (exact) mass is 370 g/mol. The molecule has 0 aliphatic heterocycles. The predicted molar refractivity (Wildman–Crippen MR) is 103 cm³/mol. The van der Waals surface area contributed by atoms with Gasteiger partial charge in [0.2, 0.25) is 0 Å². The zero-order chi connectivity index (χ0) is 15.8. The summed E-state index contributed by atoms with van der Waals surface area (Å²) in [6, 6.07) is 11.3. The Balaban J connectivity index is 0.00000264. The molecule has 0 aliphatic carbocycles. The average molecular weight is 371 g/mol. The Labute approximate surface area is 155 Å². The summed E-state index contributed by atoms with van der Waals surface area (Å²) < 4.78 is 0. The first kappa shape index (κ1) is 22.2. The molecule has 4 N–H and O–H groups in total. The molecule has 0 bridgehead atoms. The first-order valence-electron chi connectivity index (χ1n) is 7.43. The molecule has 0 saturated carbocycles. The van der Waals surface area contributed by atoms with E-state index in [0.29, 0.717) is 18.7 Å². The molecule has 2 aromatic rings. The largest absolute Gasteiger partial charge is 0.370 e. The fraction of sp³-hybridized carbons (Fsp3) is 0.294. The lowest BCUT2D eigenvalue weighted by Gasteiger charge is -2.07. The van der Waals surface area contributed by atoms with Crippen LogP contribution in [-0.4, -0.2) is 24.0 Å². The fourth-order valence-corrected chi connectivity index (χ4v) is 1.97. The van der Waals surface area contributed by atoms with Crippen LogP contribution in [0.4, 0.5) is 5.82 Å². The number of aromatic nitrogens is 1. The van der Waals surface area contributed by atoms with E-state index < -0.39 is 0 Å². The molecule has 0 atom stereocenters. The Bertz CT molecular complexity index is 603. The fourth-order valence-electron chi connectivity index (χ4n) is 1.97. The van der Waals surface area contributed by atoms with Crippen molar-refractivity contribution in [1.82, 2.24) is 10.3 Å². The van der Waals surface area contributed by atoms with Crippen molar-refractivity contribution in [1.29, 1.82) is 0 Å². The van der Waals surface area contributed by atoms with Crippen molar-refractivity contribution in [3.8, 4) is 0 Å². The minimum Gasteiger partial charge on any atom is -0.370 e. The molecule has 1 heterocycles. The molecule has 1 aromatic carbocycles. The van der Waals surface area contributed by atoms with Crippen LogP contribution >= 0.6 is 24.8 Å². The van der Waals surface area contributed by atoms with Gasteiger partial charge < -0.3 is 16.4 Å². The lowest BCUT2D eigenvalue weighted by atomic mass is 10.1. The van der Waals surface area contributed by atoms with E-state index in [0.717, 1.165) is 29.9 Å². The number of rotatable bonds is 7. The predicted octanol–water partition coefficient (Wildman–Crippen LogP) is 2.92. The number of benzene rings is 1. The number of hydrogen-bond acceptors (Lipinski definition) is 4. The maximum absolute atomic E-state index is 11.9. The SMILES string of the molecule is Cc1ccc(NCCCNC(=O)c2ccc(CN)cc2)nc1.Cl.Cl. The molecule has 0 fully saturated rings. The van der Waals surface area contributed by atoms with Crippen molar-refractivity contribution in [2.24, 2.45) is 5.73 Å². The van der Waals surface area contributed by atoms with Gasteiger partial charge in [0.1, 0.15) is 5.82 Å². The van der Waals surface area contributed by atoms with Crippen LogP contribution in [0.15, 0.2) is 42.6 Å². The number of amides is 1. The Morgan fingerprint density at radius 3 is 2.38 bits per heavy atom. The van der Waals surface area contributed by atoms with Crippen LogP contribution in [0.25, 0.3) is 0 Å². The Morgan fingerprint density at radius 1 is 1.08 bits per heavy atom. The molecule has 0 saturated heterocycles. The van der Waals surface area contributed by atoms with E-state index in [-0.39, 0.29) is 30.7 Å². The maximum atomic E-state index is 11.9. The highest BCUT2D eigenvalue weighted by Gasteiger charge is 2.04. The van der Waals surface area contributed by atoms with E-state index in [9.17, 15) is 4.79 Å². The third-order valence-electron chi connectivity index (χ3n) is 3.31. The topological polar surface area (TPSA) is 80.0 Å². The number of aryl methyl sites for hydroxylation is 1. The van der Waals surface area contributed by atoms with Crippen molar-refractivity contribution in [2.45, 2.75) is 19.9 Å². The molecule has 132 valence electrons. The van der Waals surface area contributed by atoms with Crippen LogP contribution in [-0.2, 0) is 6.54 Å². The van der Waals surface area contributed by atoms with Crippen molar-refractivity contribution in [3.63, 3.8) is 0 Å². The van der Waals surface area contributed by atoms with Crippen LogP contribution in [0, 0.1) is 6.92 Å². The molecule has 7 heteroatoms. The summed E-state index contributed by atoms with van der Waals surface area (Å²) in [6.07, 6.45) is 2.66. The first-order valence-corrected chi connectivity index (χ1v) is 7.43.